The maximum absolute atomic E-state index is 16.0. The monoisotopic (exact) mass is 1450 g/mol. The lowest BCUT2D eigenvalue weighted by atomic mass is 9.86. The lowest BCUT2D eigenvalue weighted by molar-refractivity contribution is -0.333. The van der Waals surface area contributed by atoms with Gasteiger partial charge in [-0.15, -0.1) is 0 Å². The number of carbonyl (C=O) groups is 8. The molecule has 11 bridgehead atoms. The van der Waals surface area contributed by atoms with Crippen LogP contribution in [0.3, 0.4) is 0 Å². The molecule has 542 valence electrons. The van der Waals surface area contributed by atoms with Crippen LogP contribution in [-0.2, 0) is 52.6 Å². The summed E-state index contributed by atoms with van der Waals surface area (Å²) in [5.74, 6) is -16.0. The Morgan fingerprint density at radius 3 is 1.90 bits per heavy atom. The van der Waals surface area contributed by atoms with Crippen molar-refractivity contribution >= 4 is 70.5 Å². The Kier molecular flexibility index (Phi) is 22.2. The first-order valence-corrected chi connectivity index (χ1v) is 32.4. The predicted octanol–water partition coefficient (Wildman–Crippen LogP) is 0.106. The molecule has 0 saturated carbocycles. The number of hydrogen-bond acceptors (Lipinski definition) is 25. The summed E-state index contributed by atoms with van der Waals surface area (Å²) < 4.78 is 38.3. The molecule has 7 aliphatic heterocycles. The fraction of sp³-hybridized carbons (Fsp3) is 0.424. The van der Waals surface area contributed by atoms with E-state index in [1.165, 1.54) is 33.0 Å². The van der Waals surface area contributed by atoms with Gasteiger partial charge in [0.2, 0.25) is 53.4 Å². The summed E-state index contributed by atoms with van der Waals surface area (Å²) in [6.07, 6.45) is -18.6. The number of nitrogens with two attached hydrogens (primary N) is 2. The number of hydrogen-bond donors (Lipinski definition) is 19. The number of fused-ring (bicyclic) bond motifs is 15. The maximum Gasteiger partial charge on any atom is 0.330 e. The molecule has 7 aliphatic rings. The predicted molar refractivity (Wildman–Crippen MR) is 349 cm³/mol. The molecule has 101 heavy (non-hydrogen) atoms. The van der Waals surface area contributed by atoms with Gasteiger partial charge >= 0.3 is 5.97 Å². The average molecular weight is 1450 g/mol. The van der Waals surface area contributed by atoms with Crippen LogP contribution in [0.4, 0.5) is 0 Å². The van der Waals surface area contributed by atoms with Crippen molar-refractivity contribution in [1.82, 2.24) is 37.2 Å². The number of aliphatic hydroxyl groups is 6. The largest absolute Gasteiger partial charge is 0.508 e. The first-order chi connectivity index (χ1) is 47.7. The third-order valence-corrected chi connectivity index (χ3v) is 18.4. The van der Waals surface area contributed by atoms with Gasteiger partial charge in [0.1, 0.15) is 89.5 Å². The Morgan fingerprint density at radius 1 is 0.713 bits per heavy atom. The van der Waals surface area contributed by atoms with Crippen LogP contribution in [0.5, 0.6) is 46.0 Å². The maximum atomic E-state index is 16.0. The van der Waals surface area contributed by atoms with Gasteiger partial charge < -0.3 is 128 Å². The van der Waals surface area contributed by atoms with Gasteiger partial charge in [-0.1, -0.05) is 55.2 Å². The highest BCUT2D eigenvalue weighted by Crippen LogP contribution is 2.50. The summed E-state index contributed by atoms with van der Waals surface area (Å²) in [5, 5.41) is 131. The number of nitrogens with one attached hydrogen (secondary N) is 7. The summed E-state index contributed by atoms with van der Waals surface area (Å²) >= 11 is 14.1. The van der Waals surface area contributed by atoms with Gasteiger partial charge in [-0.25, -0.2) is 4.79 Å². The van der Waals surface area contributed by atoms with Gasteiger partial charge in [0.05, 0.1) is 41.3 Å². The van der Waals surface area contributed by atoms with Crippen molar-refractivity contribution in [3.05, 3.63) is 117 Å². The van der Waals surface area contributed by atoms with Crippen LogP contribution < -0.4 is 62.9 Å². The van der Waals surface area contributed by atoms with E-state index in [-0.39, 0.29) is 46.2 Å². The molecule has 0 radical (unpaired) electrons. The molecule has 0 aromatic heterocycles. The summed E-state index contributed by atoms with van der Waals surface area (Å²) in [6, 6.07) is -0.679. The number of halogens is 2. The van der Waals surface area contributed by atoms with Crippen molar-refractivity contribution in [3.63, 3.8) is 0 Å². The Balaban J connectivity index is 1.24. The van der Waals surface area contributed by atoms with E-state index < -0.39 is 237 Å². The summed E-state index contributed by atoms with van der Waals surface area (Å²) in [7, 11) is 1.47. The topological polar surface area (TPSA) is 530 Å². The summed E-state index contributed by atoms with van der Waals surface area (Å²) in [4.78, 5) is 117. The Labute approximate surface area is 584 Å². The normalized spacial score (nSPS) is 29.4. The number of ether oxygens (including phenoxy) is 6. The minimum atomic E-state index is -2.35. The number of carbonyl (C=O) groups excluding carboxylic acids is 7. The van der Waals surface area contributed by atoms with Crippen LogP contribution in [-0.4, -0.2) is 191 Å². The minimum Gasteiger partial charge on any atom is -0.508 e. The van der Waals surface area contributed by atoms with Gasteiger partial charge in [0, 0.05) is 34.7 Å². The molecular weight excluding hydrogens is 1370 g/mol. The number of amides is 7. The molecule has 33 nitrogen and oxygen atoms in total. The number of phenols is 3. The standard InChI is InChI=1S/C66H75Cl2N9O24/c1-23(2)12-34(71-5)58(88)76-49-51(83)26-7-10-38(32(67)14-26)97-40-16-28-17-41(55(40)101-65-56(54(86)53(85)42(22-78)99-65)100-44-21-66(4,70)57(87)24(3)96-44)98-39-11-8-27(15-33(39)68)52(84)50-63(93)75-48(64(94)95)31-18-29(79)19-37(81)45(31)30-13-25(6-9-36(30)80)46(60(90)77-50)74-61(91)47(28)73-59(89)35(20-43(69)82)72-62(49)92/h6-11,13-19,23-24,34-35,42,44,46-54,56-57,65,71,78-81,83-87H,12,20-22,70H2,1-5H3,(H2,69,82)(H,72,92)(H,73,89)(H,74,91)(H,75,93)(H,76,88)(H,77,90)(H,94,95)/t24?,34-,35+,42?,44?,46-,47-,48?,49+,50+,51-,52-,53-,54?,56+,57?,65-,66?/m1/s1. The first kappa shape index (κ1) is 74.5. The van der Waals surface area contributed by atoms with Gasteiger partial charge in [-0.05, 0) is 110 Å². The molecule has 7 heterocycles. The third kappa shape index (κ3) is 15.8. The molecule has 0 spiro atoms. The number of rotatable bonds is 13. The van der Waals surface area contributed by atoms with Crippen molar-refractivity contribution in [1.29, 1.82) is 0 Å². The third-order valence-electron chi connectivity index (χ3n) is 17.8. The first-order valence-electron chi connectivity index (χ1n) is 31.6. The Hall–Kier alpha value is -9.20. The van der Waals surface area contributed by atoms with Gasteiger partial charge in [-0.3, -0.25) is 33.6 Å². The molecule has 2 fully saturated rings. The molecular formula is C66H75Cl2N9O24. The highest BCUT2D eigenvalue weighted by Gasteiger charge is 2.51. The highest BCUT2D eigenvalue weighted by molar-refractivity contribution is 6.32. The molecule has 2 saturated heterocycles. The fourth-order valence-corrected chi connectivity index (χ4v) is 12.9. The van der Waals surface area contributed by atoms with E-state index >= 15 is 14.4 Å². The minimum absolute atomic E-state index is 0.0975. The number of carboxylic acid groups (broad SMARTS) is 1. The van der Waals surface area contributed by atoms with Gasteiger partial charge in [-0.2, -0.15) is 0 Å². The smallest absolute Gasteiger partial charge is 0.330 e. The number of primary amides is 1. The van der Waals surface area contributed by atoms with Crippen molar-refractivity contribution in [2.24, 2.45) is 17.4 Å². The van der Waals surface area contributed by atoms with Crippen LogP contribution in [0.1, 0.15) is 105 Å². The molecule has 18 atom stereocenters. The molecule has 7 unspecified atom stereocenters. The van der Waals surface area contributed by atoms with E-state index in [0.29, 0.717) is 0 Å². The molecule has 21 N–H and O–H groups in total. The van der Waals surface area contributed by atoms with E-state index in [4.69, 9.17) is 63.1 Å². The van der Waals surface area contributed by atoms with E-state index in [2.05, 4.69) is 37.2 Å². The number of aliphatic hydroxyl groups excluding tert-OH is 6. The zero-order valence-corrected chi connectivity index (χ0v) is 55.8. The van der Waals surface area contributed by atoms with Crippen LogP contribution in [0, 0.1) is 5.92 Å². The number of phenolic OH excluding ortho intramolecular Hbond substituents is 3. The van der Waals surface area contributed by atoms with Crippen molar-refractivity contribution in [3.8, 4) is 57.1 Å². The molecule has 5 aromatic rings. The quantitative estimate of drug-likeness (QED) is 0.0743. The SMILES string of the molecule is CN[C@H](CC(C)C)C(=O)N[C@@H]1C(=O)N[C@@H](CC(N)=O)C(=O)N[C@H]2C(=O)N[C@H]3C(=O)N[C@H](C(=O)NC(C(=O)O)c4cc(O)cc(O)c4-c4cc3ccc4O)[C@H](O)c3ccc(c(Cl)c3)Oc3cc2cc(c3O[C@H]2OC(CO)[C@@H](O)C(O)[C@@H]2OC2CC(C)(N)C(O)C(C)O2)Oc2ccc(cc2Cl)[C@H]1O. The number of likely N-dealkylation sites (N-methyl/N-ethyl adjacent to an activating group) is 1. The zero-order valence-electron chi connectivity index (χ0n) is 54.3. The summed E-state index contributed by atoms with van der Waals surface area (Å²) in [5.41, 5.74) is 8.00. The number of aromatic hydroxyl groups is 3. The van der Waals surface area contributed by atoms with E-state index in [1.807, 2.05) is 13.8 Å². The summed E-state index contributed by atoms with van der Waals surface area (Å²) in [6.45, 7) is 5.66. The van der Waals surface area contributed by atoms with Crippen molar-refractivity contribution in [2.75, 3.05) is 13.7 Å². The molecule has 0 aliphatic carbocycles. The lowest BCUT2D eigenvalue weighted by Gasteiger charge is -2.47. The molecule has 5 aromatic carbocycles. The molecule has 12 rings (SSSR count). The van der Waals surface area contributed by atoms with Crippen molar-refractivity contribution in [2.45, 2.75) is 156 Å². The second-order valence-corrected chi connectivity index (χ2v) is 26.5. The van der Waals surface area contributed by atoms with Crippen LogP contribution >= 0.6 is 23.2 Å². The highest BCUT2D eigenvalue weighted by atomic mass is 35.5. The Morgan fingerprint density at radius 2 is 1.32 bits per heavy atom. The molecule has 35 heteroatoms. The van der Waals surface area contributed by atoms with Crippen LogP contribution in [0.25, 0.3) is 11.1 Å². The van der Waals surface area contributed by atoms with Gasteiger partial charge in [0.25, 0.3) is 0 Å². The van der Waals surface area contributed by atoms with Crippen LogP contribution in [0.15, 0.2) is 78.9 Å². The van der Waals surface area contributed by atoms with Crippen molar-refractivity contribution < 1.29 is 118 Å². The van der Waals surface area contributed by atoms with Gasteiger partial charge in [0.15, 0.2) is 29.9 Å². The van der Waals surface area contributed by atoms with E-state index in [1.54, 1.807) is 0 Å². The number of carboxylic acids is 1. The van der Waals surface area contributed by atoms with E-state index in [9.17, 15) is 75.0 Å². The fourth-order valence-electron chi connectivity index (χ4n) is 12.5. The Bertz CT molecular complexity index is 4070. The second-order valence-electron chi connectivity index (χ2n) is 25.7. The van der Waals surface area contributed by atoms with E-state index in [0.717, 1.165) is 66.7 Å². The number of benzene rings is 5. The average Bonchev–Trinajstić information content (AvgIpc) is 0.775. The molecule has 7 amide bonds. The van der Waals surface area contributed by atoms with Crippen LogP contribution in [0.2, 0.25) is 10.0 Å². The second kappa shape index (κ2) is 30.2. The zero-order chi connectivity index (χ0) is 73.5. The lowest BCUT2D eigenvalue weighted by Crippen LogP contribution is -2.64. The number of aliphatic carboxylic acids is 1.